The Morgan fingerprint density at radius 2 is 1.79 bits per heavy atom. The van der Waals surface area contributed by atoms with Gasteiger partial charge in [0.05, 0.1) is 14.2 Å². The van der Waals surface area contributed by atoms with E-state index < -0.39 is 5.41 Å². The number of amides is 2. The van der Waals surface area contributed by atoms with Crippen LogP contribution in [-0.4, -0.2) is 32.6 Å². The topological polar surface area (TPSA) is 67.9 Å². The van der Waals surface area contributed by atoms with Crippen molar-refractivity contribution < 1.29 is 19.1 Å². The maximum absolute atomic E-state index is 13.2. The highest BCUT2D eigenvalue weighted by Crippen LogP contribution is 2.31. The van der Waals surface area contributed by atoms with E-state index in [1.54, 1.807) is 39.0 Å². The second-order valence-electron chi connectivity index (χ2n) is 7.69. The van der Waals surface area contributed by atoms with E-state index in [0.717, 1.165) is 29.7 Å². The Bertz CT molecular complexity index is 908. The predicted octanol–water partition coefficient (Wildman–Crippen LogP) is 3.33. The van der Waals surface area contributed by atoms with Gasteiger partial charge in [-0.05, 0) is 56.0 Å². The summed E-state index contributed by atoms with van der Waals surface area (Å²) in [6, 6.07) is 13.4. The lowest BCUT2D eigenvalue weighted by molar-refractivity contribution is -0.140. The van der Waals surface area contributed by atoms with E-state index in [2.05, 4.69) is 5.32 Å². The molecule has 2 amide bonds. The van der Waals surface area contributed by atoms with Gasteiger partial charge in [-0.15, -0.1) is 0 Å². The number of ether oxygens (including phenoxy) is 2. The molecule has 0 atom stereocenters. The van der Waals surface area contributed by atoms with Crippen molar-refractivity contribution in [3.05, 3.63) is 53.6 Å². The lowest BCUT2D eigenvalue weighted by Gasteiger charge is -2.35. The smallest absolute Gasteiger partial charge is 0.242 e. The molecule has 1 N–H and O–H groups in total. The molecular formula is C23H28N2O4. The van der Waals surface area contributed by atoms with E-state index in [9.17, 15) is 9.59 Å². The lowest BCUT2D eigenvalue weighted by Crippen LogP contribution is -2.50. The maximum Gasteiger partial charge on any atom is 0.242 e. The third kappa shape index (κ3) is 4.21. The van der Waals surface area contributed by atoms with Gasteiger partial charge in [-0.1, -0.05) is 24.3 Å². The number of nitrogens with one attached hydrogen (secondary N) is 1. The Morgan fingerprint density at radius 1 is 1.07 bits per heavy atom. The van der Waals surface area contributed by atoms with Crippen molar-refractivity contribution in [3.8, 4) is 11.5 Å². The fraction of sp³-hybridized carbons (Fsp3) is 0.391. The van der Waals surface area contributed by atoms with Crippen molar-refractivity contribution in [1.82, 2.24) is 5.32 Å². The molecule has 29 heavy (non-hydrogen) atoms. The number of carbonyl (C=O) groups excluding carboxylic acids is 2. The van der Waals surface area contributed by atoms with Gasteiger partial charge in [0.1, 0.15) is 5.41 Å². The molecule has 1 aliphatic rings. The largest absolute Gasteiger partial charge is 0.493 e. The molecule has 2 aromatic carbocycles. The summed E-state index contributed by atoms with van der Waals surface area (Å²) in [5.74, 6) is 0.733. The highest BCUT2D eigenvalue weighted by Gasteiger charge is 2.40. The summed E-state index contributed by atoms with van der Waals surface area (Å²) >= 11 is 0. The van der Waals surface area contributed by atoms with Crippen LogP contribution in [0.2, 0.25) is 0 Å². The Hall–Kier alpha value is -3.02. The highest BCUT2D eigenvalue weighted by molar-refractivity contribution is 6.11. The molecule has 0 spiro atoms. The van der Waals surface area contributed by atoms with Gasteiger partial charge in [-0.25, -0.2) is 0 Å². The molecule has 0 bridgehead atoms. The number of methoxy groups -OCH3 is 2. The van der Waals surface area contributed by atoms with Crippen LogP contribution < -0.4 is 19.7 Å². The van der Waals surface area contributed by atoms with Crippen LogP contribution in [0.25, 0.3) is 0 Å². The SMILES string of the molecule is COc1ccc(CNC(=O)C(C)(C)C(=O)N2CCCc3ccccc32)cc1OC. The van der Waals surface area contributed by atoms with Crippen molar-refractivity contribution in [2.75, 3.05) is 25.7 Å². The number of anilines is 1. The van der Waals surface area contributed by atoms with Gasteiger partial charge in [0.25, 0.3) is 0 Å². The highest BCUT2D eigenvalue weighted by atomic mass is 16.5. The average molecular weight is 396 g/mol. The number of aryl methyl sites for hydroxylation is 1. The molecule has 154 valence electrons. The zero-order valence-electron chi connectivity index (χ0n) is 17.5. The van der Waals surface area contributed by atoms with Gasteiger partial charge in [-0.3, -0.25) is 9.59 Å². The lowest BCUT2D eigenvalue weighted by atomic mass is 9.88. The molecule has 0 radical (unpaired) electrons. The van der Waals surface area contributed by atoms with Crippen molar-refractivity contribution in [3.63, 3.8) is 0 Å². The van der Waals surface area contributed by atoms with Crippen LogP contribution in [0.15, 0.2) is 42.5 Å². The molecular weight excluding hydrogens is 368 g/mol. The zero-order valence-corrected chi connectivity index (χ0v) is 17.5. The van der Waals surface area contributed by atoms with Crippen LogP contribution in [0.1, 0.15) is 31.4 Å². The monoisotopic (exact) mass is 396 g/mol. The first kappa shape index (κ1) is 20.7. The first-order chi connectivity index (χ1) is 13.9. The molecule has 0 aromatic heterocycles. The molecule has 0 saturated heterocycles. The molecule has 0 aliphatic carbocycles. The number of benzene rings is 2. The van der Waals surface area contributed by atoms with E-state index in [1.165, 1.54) is 0 Å². The van der Waals surface area contributed by atoms with Crippen molar-refractivity contribution >= 4 is 17.5 Å². The molecule has 3 rings (SSSR count). The Labute approximate surface area is 171 Å². The summed E-state index contributed by atoms with van der Waals surface area (Å²) in [6.07, 6.45) is 1.85. The van der Waals surface area contributed by atoms with Gasteiger partial charge >= 0.3 is 0 Å². The predicted molar refractivity (Wildman–Crippen MR) is 112 cm³/mol. The Balaban J connectivity index is 1.71. The van der Waals surface area contributed by atoms with Crippen LogP contribution in [0.5, 0.6) is 11.5 Å². The van der Waals surface area contributed by atoms with Crippen LogP contribution in [0.3, 0.4) is 0 Å². The number of hydrogen-bond donors (Lipinski definition) is 1. The summed E-state index contributed by atoms with van der Waals surface area (Å²) in [7, 11) is 3.14. The third-order valence-electron chi connectivity index (χ3n) is 5.36. The minimum Gasteiger partial charge on any atom is -0.493 e. The quantitative estimate of drug-likeness (QED) is 0.761. The molecule has 1 heterocycles. The Kier molecular flexibility index (Phi) is 6.11. The second-order valence-corrected chi connectivity index (χ2v) is 7.69. The van der Waals surface area contributed by atoms with Crippen LogP contribution >= 0.6 is 0 Å². The molecule has 0 unspecified atom stereocenters. The average Bonchev–Trinajstić information content (AvgIpc) is 2.76. The van der Waals surface area contributed by atoms with Crippen molar-refractivity contribution in [2.24, 2.45) is 5.41 Å². The summed E-state index contributed by atoms with van der Waals surface area (Å²) in [4.78, 5) is 27.9. The van der Waals surface area contributed by atoms with Crippen LogP contribution in [0, 0.1) is 5.41 Å². The fourth-order valence-corrected chi connectivity index (χ4v) is 3.57. The van der Waals surface area contributed by atoms with Gasteiger partial charge in [0.2, 0.25) is 11.8 Å². The Morgan fingerprint density at radius 3 is 2.52 bits per heavy atom. The van der Waals surface area contributed by atoms with Gasteiger partial charge in [0.15, 0.2) is 11.5 Å². The molecule has 0 saturated carbocycles. The minimum absolute atomic E-state index is 0.186. The summed E-state index contributed by atoms with van der Waals surface area (Å²) in [6.45, 7) is 4.28. The van der Waals surface area contributed by atoms with Crippen LogP contribution in [0.4, 0.5) is 5.69 Å². The van der Waals surface area contributed by atoms with Crippen LogP contribution in [-0.2, 0) is 22.6 Å². The number of para-hydroxylation sites is 1. The standard InChI is InChI=1S/C23H28N2O4/c1-23(2,22(27)25-13-7-9-17-8-5-6-10-18(17)25)21(26)24-15-16-11-12-19(28-3)20(14-16)29-4/h5-6,8,10-12,14H,7,9,13,15H2,1-4H3,(H,24,26). The first-order valence-corrected chi connectivity index (χ1v) is 9.77. The second kappa shape index (κ2) is 8.55. The number of rotatable bonds is 6. The maximum atomic E-state index is 13.2. The van der Waals surface area contributed by atoms with Crippen molar-refractivity contribution in [2.45, 2.75) is 33.2 Å². The van der Waals surface area contributed by atoms with Crippen molar-refractivity contribution in [1.29, 1.82) is 0 Å². The summed E-state index contributed by atoms with van der Waals surface area (Å²) < 4.78 is 10.5. The summed E-state index contributed by atoms with van der Waals surface area (Å²) in [5, 5.41) is 2.89. The third-order valence-corrected chi connectivity index (χ3v) is 5.36. The molecule has 2 aromatic rings. The summed E-state index contributed by atoms with van der Waals surface area (Å²) in [5.41, 5.74) is 1.74. The van der Waals surface area contributed by atoms with E-state index in [1.807, 2.05) is 36.4 Å². The molecule has 0 fully saturated rings. The number of hydrogen-bond acceptors (Lipinski definition) is 4. The van der Waals surface area contributed by atoms with E-state index in [0.29, 0.717) is 24.6 Å². The van der Waals surface area contributed by atoms with E-state index in [-0.39, 0.29) is 11.8 Å². The van der Waals surface area contributed by atoms with Gasteiger partial charge in [-0.2, -0.15) is 0 Å². The molecule has 1 aliphatic heterocycles. The number of fused-ring (bicyclic) bond motifs is 1. The van der Waals surface area contributed by atoms with E-state index in [4.69, 9.17) is 9.47 Å². The van der Waals surface area contributed by atoms with E-state index >= 15 is 0 Å². The first-order valence-electron chi connectivity index (χ1n) is 9.77. The van der Waals surface area contributed by atoms with Gasteiger partial charge in [0, 0.05) is 18.8 Å². The normalized spacial score (nSPS) is 13.4. The fourth-order valence-electron chi connectivity index (χ4n) is 3.57. The number of carbonyl (C=O) groups is 2. The minimum atomic E-state index is -1.18. The van der Waals surface area contributed by atoms with Gasteiger partial charge < -0.3 is 19.7 Å². The molecule has 6 heteroatoms. The number of nitrogens with zero attached hydrogens (tertiary/aromatic N) is 1. The zero-order chi connectivity index (χ0) is 21.0. The molecule has 6 nitrogen and oxygen atoms in total.